The van der Waals surface area contributed by atoms with Gasteiger partial charge in [-0.25, -0.2) is 4.98 Å². The summed E-state index contributed by atoms with van der Waals surface area (Å²) in [6, 6.07) is 7.92. The van der Waals surface area contributed by atoms with E-state index in [9.17, 15) is 9.18 Å². The molecule has 1 fully saturated rings. The van der Waals surface area contributed by atoms with Gasteiger partial charge in [0.1, 0.15) is 5.82 Å². The van der Waals surface area contributed by atoms with Gasteiger partial charge in [0.05, 0.1) is 5.69 Å². The Bertz CT molecular complexity index is 659. The molecule has 3 nitrogen and oxygen atoms in total. The lowest BCUT2D eigenvalue weighted by Crippen LogP contribution is -2.15. The molecule has 0 spiro atoms. The van der Waals surface area contributed by atoms with E-state index in [-0.39, 0.29) is 5.69 Å². The van der Waals surface area contributed by atoms with Gasteiger partial charge in [0.25, 0.3) is 5.56 Å². The van der Waals surface area contributed by atoms with E-state index in [1.165, 1.54) is 25.3 Å². The number of rotatable bonds is 2. The molecule has 1 heterocycles. The van der Waals surface area contributed by atoms with Gasteiger partial charge in [-0.3, -0.25) is 4.79 Å². The third-order valence-electron chi connectivity index (χ3n) is 3.24. The molecule has 1 aliphatic rings. The fraction of sp³-hybridized carbons (Fsp3) is 0.286. The van der Waals surface area contributed by atoms with Crippen LogP contribution in [-0.2, 0) is 0 Å². The maximum absolute atomic E-state index is 13.2. The van der Waals surface area contributed by atoms with Crippen LogP contribution < -0.4 is 5.56 Å². The summed E-state index contributed by atoms with van der Waals surface area (Å²) in [7, 11) is 0. The number of hydrogen-bond acceptors (Lipinski definition) is 2. The lowest BCUT2D eigenvalue weighted by Gasteiger charge is -2.05. The van der Waals surface area contributed by atoms with Crippen molar-refractivity contribution in [1.29, 1.82) is 0 Å². The SMILES string of the molecule is Cc1nc(-c2cccc(C3CC3)c2)[nH]c(=O)c1F. The third-order valence-corrected chi connectivity index (χ3v) is 3.24. The van der Waals surface area contributed by atoms with Crippen molar-refractivity contribution in [2.24, 2.45) is 0 Å². The summed E-state index contributed by atoms with van der Waals surface area (Å²) in [5.74, 6) is 0.261. The third kappa shape index (κ3) is 1.94. The smallest absolute Gasteiger partial charge is 0.287 e. The van der Waals surface area contributed by atoms with Crippen molar-refractivity contribution in [1.82, 2.24) is 9.97 Å². The van der Waals surface area contributed by atoms with E-state index >= 15 is 0 Å². The molecule has 0 saturated heterocycles. The fourth-order valence-corrected chi connectivity index (χ4v) is 2.06. The Kier molecular flexibility index (Phi) is 2.51. The molecule has 0 radical (unpaired) electrons. The monoisotopic (exact) mass is 244 g/mol. The lowest BCUT2D eigenvalue weighted by atomic mass is 10.1. The first-order chi connectivity index (χ1) is 8.65. The van der Waals surface area contributed by atoms with Gasteiger partial charge >= 0.3 is 0 Å². The standard InChI is InChI=1S/C14H13FN2O/c1-8-12(15)14(18)17-13(16-8)11-4-2-3-10(7-11)9-5-6-9/h2-4,7,9H,5-6H2,1H3,(H,16,17,18). The number of aromatic nitrogens is 2. The van der Waals surface area contributed by atoms with Gasteiger partial charge in [-0.2, -0.15) is 4.39 Å². The van der Waals surface area contributed by atoms with Crippen molar-refractivity contribution in [3.63, 3.8) is 0 Å². The molecule has 18 heavy (non-hydrogen) atoms. The number of benzene rings is 1. The van der Waals surface area contributed by atoms with Crippen LogP contribution >= 0.6 is 0 Å². The van der Waals surface area contributed by atoms with Gasteiger partial charge in [0, 0.05) is 5.56 Å². The molecule has 2 aromatic rings. The molecule has 0 unspecified atom stereocenters. The second-order valence-corrected chi connectivity index (χ2v) is 4.71. The number of aryl methyl sites for hydroxylation is 1. The van der Waals surface area contributed by atoms with Crippen LogP contribution in [-0.4, -0.2) is 9.97 Å². The molecule has 1 N–H and O–H groups in total. The van der Waals surface area contributed by atoms with Crippen molar-refractivity contribution in [3.8, 4) is 11.4 Å². The average molecular weight is 244 g/mol. The molecule has 92 valence electrons. The normalized spacial score (nSPS) is 14.8. The Morgan fingerprint density at radius 3 is 2.83 bits per heavy atom. The number of aromatic amines is 1. The summed E-state index contributed by atoms with van der Waals surface area (Å²) in [5.41, 5.74) is 1.51. The first kappa shape index (κ1) is 11.1. The highest BCUT2D eigenvalue weighted by Gasteiger charge is 2.23. The first-order valence-electron chi connectivity index (χ1n) is 6.02. The number of halogens is 1. The Morgan fingerprint density at radius 1 is 1.39 bits per heavy atom. The maximum atomic E-state index is 13.2. The van der Waals surface area contributed by atoms with E-state index in [0.29, 0.717) is 11.7 Å². The van der Waals surface area contributed by atoms with Gasteiger partial charge in [-0.05, 0) is 37.3 Å². The summed E-state index contributed by atoms with van der Waals surface area (Å²) < 4.78 is 13.2. The van der Waals surface area contributed by atoms with Crippen LogP contribution in [0.4, 0.5) is 4.39 Å². The predicted octanol–water partition coefficient (Wildman–Crippen LogP) is 2.76. The second-order valence-electron chi connectivity index (χ2n) is 4.71. The summed E-state index contributed by atoms with van der Waals surface area (Å²) in [5, 5.41) is 0. The number of H-pyrrole nitrogens is 1. The zero-order chi connectivity index (χ0) is 12.7. The summed E-state index contributed by atoms with van der Waals surface area (Å²) in [4.78, 5) is 18.0. The van der Waals surface area contributed by atoms with E-state index in [1.54, 1.807) is 0 Å². The van der Waals surface area contributed by atoms with E-state index in [4.69, 9.17) is 0 Å². The van der Waals surface area contributed by atoms with E-state index in [1.807, 2.05) is 18.2 Å². The molecule has 0 bridgehead atoms. The Balaban J connectivity index is 2.09. The van der Waals surface area contributed by atoms with Crippen molar-refractivity contribution in [3.05, 3.63) is 51.7 Å². The van der Waals surface area contributed by atoms with Gasteiger partial charge < -0.3 is 4.98 Å². The van der Waals surface area contributed by atoms with Crippen molar-refractivity contribution >= 4 is 0 Å². The molecule has 1 aliphatic carbocycles. The van der Waals surface area contributed by atoms with E-state index < -0.39 is 11.4 Å². The summed E-state index contributed by atoms with van der Waals surface area (Å²) >= 11 is 0. The lowest BCUT2D eigenvalue weighted by molar-refractivity contribution is 0.589. The molecule has 0 atom stereocenters. The Hall–Kier alpha value is -1.97. The van der Waals surface area contributed by atoms with Gasteiger partial charge in [-0.15, -0.1) is 0 Å². The molecular formula is C14H13FN2O. The fourth-order valence-electron chi connectivity index (χ4n) is 2.06. The van der Waals surface area contributed by atoms with Gasteiger partial charge in [-0.1, -0.05) is 18.2 Å². The van der Waals surface area contributed by atoms with Crippen LogP contribution in [0, 0.1) is 12.7 Å². The zero-order valence-electron chi connectivity index (χ0n) is 10.0. The maximum Gasteiger partial charge on any atom is 0.287 e. The Morgan fingerprint density at radius 2 is 2.17 bits per heavy atom. The minimum atomic E-state index is -0.808. The highest BCUT2D eigenvalue weighted by Crippen LogP contribution is 2.40. The van der Waals surface area contributed by atoms with Crippen LogP contribution in [0.1, 0.15) is 30.0 Å². The highest BCUT2D eigenvalue weighted by atomic mass is 19.1. The van der Waals surface area contributed by atoms with Gasteiger partial charge in [0.15, 0.2) is 0 Å². The minimum Gasteiger partial charge on any atom is -0.304 e. The number of hydrogen-bond donors (Lipinski definition) is 1. The molecular weight excluding hydrogens is 231 g/mol. The number of nitrogens with zero attached hydrogens (tertiary/aromatic N) is 1. The molecule has 1 saturated carbocycles. The van der Waals surface area contributed by atoms with Gasteiger partial charge in [0.2, 0.25) is 5.82 Å². The minimum absolute atomic E-state index is 0.130. The molecule has 1 aromatic carbocycles. The van der Waals surface area contributed by atoms with Crippen LogP contribution in [0.5, 0.6) is 0 Å². The molecule has 1 aromatic heterocycles. The van der Waals surface area contributed by atoms with Crippen LogP contribution in [0.3, 0.4) is 0 Å². The van der Waals surface area contributed by atoms with Crippen molar-refractivity contribution < 1.29 is 4.39 Å². The Labute approximate surface area is 104 Å². The van der Waals surface area contributed by atoms with Crippen molar-refractivity contribution in [2.75, 3.05) is 0 Å². The van der Waals surface area contributed by atoms with Crippen LogP contribution in [0.2, 0.25) is 0 Å². The van der Waals surface area contributed by atoms with Crippen LogP contribution in [0.15, 0.2) is 29.1 Å². The molecule has 4 heteroatoms. The highest BCUT2D eigenvalue weighted by molar-refractivity contribution is 5.56. The topological polar surface area (TPSA) is 45.8 Å². The second kappa shape index (κ2) is 4.05. The van der Waals surface area contributed by atoms with E-state index in [0.717, 1.165) is 5.56 Å². The summed E-state index contributed by atoms with van der Waals surface area (Å²) in [6.07, 6.45) is 2.44. The average Bonchev–Trinajstić information content (AvgIpc) is 3.20. The quantitative estimate of drug-likeness (QED) is 0.882. The number of nitrogens with one attached hydrogen (secondary N) is 1. The van der Waals surface area contributed by atoms with Crippen LogP contribution in [0.25, 0.3) is 11.4 Å². The molecule has 0 amide bonds. The summed E-state index contributed by atoms with van der Waals surface area (Å²) in [6.45, 7) is 1.50. The largest absolute Gasteiger partial charge is 0.304 e. The molecule has 3 rings (SSSR count). The van der Waals surface area contributed by atoms with E-state index in [2.05, 4.69) is 16.0 Å². The van der Waals surface area contributed by atoms with Crippen molar-refractivity contribution in [2.45, 2.75) is 25.7 Å². The zero-order valence-corrected chi connectivity index (χ0v) is 10.0. The first-order valence-corrected chi connectivity index (χ1v) is 6.02. The molecule has 0 aliphatic heterocycles. The predicted molar refractivity (Wildman–Crippen MR) is 67.0 cm³/mol.